The molecule has 2 heterocycles. The number of ether oxygens (including phenoxy) is 2. The molecule has 3 atom stereocenters. The van der Waals surface area contributed by atoms with E-state index in [9.17, 15) is 27.5 Å². The molecule has 1 fully saturated rings. The zero-order valence-corrected chi connectivity index (χ0v) is 25.7. The molecule has 0 spiro atoms. The first-order valence-corrected chi connectivity index (χ1v) is 15.9. The molecule has 0 aliphatic carbocycles. The van der Waals surface area contributed by atoms with E-state index in [4.69, 9.17) is 9.47 Å². The highest BCUT2D eigenvalue weighted by atomic mass is 32.2. The quantitative estimate of drug-likeness (QED) is 0.413. The number of carbonyl (C=O) groups is 2. The maximum atomic E-state index is 13.5. The number of halogens is 1. The number of sulfonamides is 1. The summed E-state index contributed by atoms with van der Waals surface area (Å²) in [6.45, 7) is 7.04. The minimum Gasteiger partial charge on any atom is -0.488 e. The van der Waals surface area contributed by atoms with Crippen molar-refractivity contribution in [3.63, 3.8) is 0 Å². The molecule has 0 radical (unpaired) electrons. The van der Waals surface area contributed by atoms with E-state index in [0.29, 0.717) is 43.2 Å². The minimum absolute atomic E-state index is 0.0275. The van der Waals surface area contributed by atoms with Gasteiger partial charge in [-0.2, -0.15) is 4.31 Å². The molecule has 43 heavy (non-hydrogen) atoms. The number of carbonyl (C=O) groups excluding carboxylic acids is 2. The lowest BCUT2D eigenvalue weighted by Gasteiger charge is -2.33. The third-order valence-corrected chi connectivity index (χ3v) is 9.76. The van der Waals surface area contributed by atoms with Gasteiger partial charge < -0.3 is 24.8 Å². The maximum Gasteiger partial charge on any atom is 0.242 e. The highest BCUT2D eigenvalue weighted by Crippen LogP contribution is 2.30. The SMILES string of the molecule is C[C@@H]1CN([C@@H](C)CO)C(=O)Cc2cc(NC(=O)CCN3CCOCC3)ccc2O[C@H]1CN(C)S(=O)(=O)c1ccc(F)cc1. The molecule has 2 aliphatic heterocycles. The summed E-state index contributed by atoms with van der Waals surface area (Å²) in [4.78, 5) is 29.9. The third-order valence-electron chi connectivity index (χ3n) is 7.92. The smallest absolute Gasteiger partial charge is 0.242 e. The fraction of sp³-hybridized carbons (Fsp3) is 0.533. The molecule has 0 saturated carbocycles. The monoisotopic (exact) mass is 620 g/mol. The van der Waals surface area contributed by atoms with Crippen molar-refractivity contribution in [2.75, 3.05) is 64.9 Å². The summed E-state index contributed by atoms with van der Waals surface area (Å²) in [5, 5.41) is 12.8. The average molecular weight is 621 g/mol. The molecule has 4 rings (SSSR count). The molecular formula is C30H41FN4O7S. The highest BCUT2D eigenvalue weighted by Gasteiger charge is 2.33. The molecule has 236 valence electrons. The Hall–Kier alpha value is -3.10. The summed E-state index contributed by atoms with van der Waals surface area (Å²) in [5.74, 6) is -0.836. The van der Waals surface area contributed by atoms with E-state index >= 15 is 0 Å². The van der Waals surface area contributed by atoms with Crippen molar-refractivity contribution in [3.8, 4) is 5.75 Å². The van der Waals surface area contributed by atoms with Gasteiger partial charge in [0.2, 0.25) is 21.8 Å². The zero-order valence-electron chi connectivity index (χ0n) is 24.9. The van der Waals surface area contributed by atoms with Crippen molar-refractivity contribution in [2.45, 2.75) is 43.7 Å². The molecule has 0 unspecified atom stereocenters. The second-order valence-corrected chi connectivity index (χ2v) is 13.2. The second kappa shape index (κ2) is 14.6. The Morgan fingerprint density at radius 2 is 1.88 bits per heavy atom. The van der Waals surface area contributed by atoms with Crippen LogP contribution in [0.2, 0.25) is 0 Å². The number of nitrogens with one attached hydrogen (secondary N) is 1. The Bertz CT molecular complexity index is 1370. The predicted octanol–water partition coefficient (Wildman–Crippen LogP) is 1.96. The van der Waals surface area contributed by atoms with Crippen LogP contribution in [0.15, 0.2) is 47.4 Å². The van der Waals surface area contributed by atoms with Crippen molar-refractivity contribution in [3.05, 3.63) is 53.8 Å². The van der Waals surface area contributed by atoms with Crippen molar-refractivity contribution < 1.29 is 37.0 Å². The van der Waals surface area contributed by atoms with Crippen LogP contribution < -0.4 is 10.1 Å². The number of likely N-dealkylation sites (N-methyl/N-ethyl adjacent to an activating group) is 1. The molecule has 2 amide bonds. The standard InChI is InChI=1S/C30H41FN4O7S/c1-21-18-35(22(2)20-36)30(38)17-23-16-25(32-29(37)10-11-34-12-14-41-15-13-34)6-9-27(23)42-28(21)19-33(3)43(39,40)26-7-4-24(31)5-8-26/h4-9,16,21-22,28,36H,10-15,17-20H2,1-3H3,(H,32,37)/t21-,22+,28+/m1/s1. The summed E-state index contributed by atoms with van der Waals surface area (Å²) in [6, 6.07) is 9.22. The van der Waals surface area contributed by atoms with Crippen LogP contribution in [-0.2, 0) is 30.8 Å². The molecule has 11 nitrogen and oxygen atoms in total. The number of anilines is 1. The van der Waals surface area contributed by atoms with Crippen LogP contribution in [0.5, 0.6) is 5.75 Å². The van der Waals surface area contributed by atoms with Gasteiger partial charge in [-0.05, 0) is 49.4 Å². The number of aliphatic hydroxyl groups excluding tert-OH is 1. The van der Waals surface area contributed by atoms with E-state index in [-0.39, 0.29) is 48.7 Å². The number of morpholine rings is 1. The van der Waals surface area contributed by atoms with Gasteiger partial charge in [-0.25, -0.2) is 12.8 Å². The lowest BCUT2D eigenvalue weighted by molar-refractivity contribution is -0.134. The van der Waals surface area contributed by atoms with Gasteiger partial charge in [0.25, 0.3) is 0 Å². The number of rotatable bonds is 10. The fourth-order valence-corrected chi connectivity index (χ4v) is 6.35. The Kier molecular flexibility index (Phi) is 11.1. The van der Waals surface area contributed by atoms with Gasteiger partial charge in [-0.3, -0.25) is 14.5 Å². The zero-order chi connectivity index (χ0) is 31.1. The van der Waals surface area contributed by atoms with E-state index in [1.807, 2.05) is 6.92 Å². The number of hydrogen-bond donors (Lipinski definition) is 2. The van der Waals surface area contributed by atoms with Crippen LogP contribution in [0, 0.1) is 11.7 Å². The van der Waals surface area contributed by atoms with Crippen LogP contribution in [0.3, 0.4) is 0 Å². The first-order chi connectivity index (χ1) is 20.5. The van der Waals surface area contributed by atoms with Gasteiger partial charge in [0.15, 0.2) is 0 Å². The number of aliphatic hydroxyl groups is 1. The Labute approximate surface area is 252 Å². The summed E-state index contributed by atoms with van der Waals surface area (Å²) < 4.78 is 52.9. The lowest BCUT2D eigenvalue weighted by atomic mass is 10.0. The Balaban J connectivity index is 1.56. The summed E-state index contributed by atoms with van der Waals surface area (Å²) in [5.41, 5.74) is 1.05. The van der Waals surface area contributed by atoms with Crippen molar-refractivity contribution in [1.82, 2.24) is 14.1 Å². The van der Waals surface area contributed by atoms with Gasteiger partial charge in [0, 0.05) is 56.8 Å². The van der Waals surface area contributed by atoms with E-state index in [1.54, 1.807) is 30.0 Å². The van der Waals surface area contributed by atoms with Gasteiger partial charge in [-0.1, -0.05) is 6.92 Å². The van der Waals surface area contributed by atoms with Crippen molar-refractivity contribution >= 4 is 27.5 Å². The van der Waals surface area contributed by atoms with Crippen molar-refractivity contribution in [2.24, 2.45) is 5.92 Å². The largest absolute Gasteiger partial charge is 0.488 e. The first kappa shape index (κ1) is 32.8. The Morgan fingerprint density at radius 3 is 2.56 bits per heavy atom. The molecular weight excluding hydrogens is 579 g/mol. The van der Waals surface area contributed by atoms with Gasteiger partial charge in [0.1, 0.15) is 17.7 Å². The van der Waals surface area contributed by atoms with E-state index in [1.165, 1.54) is 19.2 Å². The lowest BCUT2D eigenvalue weighted by Crippen LogP contribution is -2.48. The van der Waals surface area contributed by atoms with Gasteiger partial charge >= 0.3 is 0 Å². The fourth-order valence-electron chi connectivity index (χ4n) is 5.17. The molecule has 2 aromatic rings. The van der Waals surface area contributed by atoms with Gasteiger partial charge in [0.05, 0.1) is 43.7 Å². The Morgan fingerprint density at radius 1 is 1.19 bits per heavy atom. The number of hydrogen-bond acceptors (Lipinski definition) is 8. The van der Waals surface area contributed by atoms with Crippen LogP contribution >= 0.6 is 0 Å². The van der Waals surface area contributed by atoms with Gasteiger partial charge in [-0.15, -0.1) is 0 Å². The van der Waals surface area contributed by atoms with Crippen LogP contribution in [0.1, 0.15) is 25.8 Å². The average Bonchev–Trinajstić information content (AvgIpc) is 3.03. The maximum absolute atomic E-state index is 13.5. The van der Waals surface area contributed by atoms with Crippen LogP contribution in [0.25, 0.3) is 0 Å². The first-order valence-electron chi connectivity index (χ1n) is 14.5. The molecule has 2 N–H and O–H groups in total. The number of fused-ring (bicyclic) bond motifs is 1. The molecule has 2 aliphatic rings. The minimum atomic E-state index is -3.96. The van der Waals surface area contributed by atoms with E-state index in [2.05, 4.69) is 10.2 Å². The van der Waals surface area contributed by atoms with E-state index < -0.39 is 28.0 Å². The summed E-state index contributed by atoms with van der Waals surface area (Å²) in [7, 11) is -2.53. The second-order valence-electron chi connectivity index (χ2n) is 11.2. The topological polar surface area (TPSA) is 129 Å². The summed E-state index contributed by atoms with van der Waals surface area (Å²) in [6.07, 6.45) is -0.393. The highest BCUT2D eigenvalue weighted by molar-refractivity contribution is 7.89. The molecule has 13 heteroatoms. The number of benzene rings is 2. The number of amides is 2. The van der Waals surface area contributed by atoms with Crippen LogP contribution in [0.4, 0.5) is 10.1 Å². The van der Waals surface area contributed by atoms with Crippen LogP contribution in [-0.4, -0.2) is 111 Å². The number of nitrogens with zero attached hydrogens (tertiary/aromatic N) is 3. The molecule has 2 aromatic carbocycles. The normalized spacial score (nSPS) is 20.9. The van der Waals surface area contributed by atoms with Crippen molar-refractivity contribution in [1.29, 1.82) is 0 Å². The van der Waals surface area contributed by atoms with E-state index in [0.717, 1.165) is 29.5 Å². The predicted molar refractivity (Wildman–Crippen MR) is 159 cm³/mol. The third kappa shape index (κ3) is 8.51. The summed E-state index contributed by atoms with van der Waals surface area (Å²) >= 11 is 0. The molecule has 0 bridgehead atoms. The molecule has 1 saturated heterocycles. The molecule has 0 aromatic heterocycles.